The van der Waals surface area contributed by atoms with E-state index in [0.29, 0.717) is 22.3 Å². The predicted octanol–water partition coefficient (Wildman–Crippen LogP) is 4.25. The van der Waals surface area contributed by atoms with Crippen LogP contribution in [0.4, 0.5) is 29.5 Å². The maximum Gasteiger partial charge on any atom is 0.324 e. The highest BCUT2D eigenvalue weighted by molar-refractivity contribution is 6.01. The van der Waals surface area contributed by atoms with Crippen LogP contribution in [0.25, 0.3) is 22.2 Å². The summed E-state index contributed by atoms with van der Waals surface area (Å²) in [6, 6.07) is 7.08. The van der Waals surface area contributed by atoms with Crippen molar-refractivity contribution in [2.24, 2.45) is 7.05 Å². The summed E-state index contributed by atoms with van der Waals surface area (Å²) >= 11 is 0. The average molecular weight is 452 g/mol. The van der Waals surface area contributed by atoms with Crippen LogP contribution in [0.3, 0.4) is 0 Å². The summed E-state index contributed by atoms with van der Waals surface area (Å²) in [6.45, 7) is 0.0452. The van der Waals surface area contributed by atoms with E-state index in [1.807, 2.05) is 0 Å². The summed E-state index contributed by atoms with van der Waals surface area (Å²) in [5.74, 6) is -2.32. The molecule has 0 spiro atoms. The maximum absolute atomic E-state index is 15.3. The first-order valence-corrected chi connectivity index (χ1v) is 10.1. The monoisotopic (exact) mass is 452 g/mol. The number of fused-ring (bicyclic) bond motifs is 1. The van der Waals surface area contributed by atoms with Crippen molar-refractivity contribution in [2.75, 3.05) is 24.2 Å². The Morgan fingerprint density at radius 3 is 2.58 bits per heavy atom. The first-order valence-electron chi connectivity index (χ1n) is 10.1. The summed E-state index contributed by atoms with van der Waals surface area (Å²) in [5.41, 5.74) is 7.75. The van der Waals surface area contributed by atoms with Crippen LogP contribution in [0.1, 0.15) is 11.6 Å². The molecule has 2 N–H and O–H groups in total. The Labute approximate surface area is 186 Å². The van der Waals surface area contributed by atoms with Gasteiger partial charge in [0.1, 0.15) is 23.6 Å². The van der Waals surface area contributed by atoms with Crippen LogP contribution in [-0.2, 0) is 7.05 Å². The van der Waals surface area contributed by atoms with Crippen molar-refractivity contribution in [3.63, 3.8) is 0 Å². The molecule has 2 aromatic carbocycles. The Balaban J connectivity index is 1.52. The molecule has 1 saturated heterocycles. The number of carbonyl (C=O) groups excluding carboxylic acids is 1. The molecule has 4 aromatic rings. The van der Waals surface area contributed by atoms with Crippen molar-refractivity contribution < 1.29 is 18.0 Å². The fraction of sp³-hybridized carbons (Fsp3) is 0.174. The third kappa shape index (κ3) is 3.17. The lowest BCUT2D eigenvalue weighted by atomic mass is 10.0. The second kappa shape index (κ2) is 7.51. The Morgan fingerprint density at radius 1 is 1.03 bits per heavy atom. The van der Waals surface area contributed by atoms with Crippen molar-refractivity contribution >= 4 is 28.6 Å². The van der Waals surface area contributed by atoms with Crippen LogP contribution in [0.2, 0.25) is 0 Å². The van der Waals surface area contributed by atoms with Gasteiger partial charge in [0.25, 0.3) is 0 Å². The molecule has 1 unspecified atom stereocenters. The number of amides is 2. The molecule has 0 bridgehead atoms. The minimum Gasteiger partial charge on any atom is -0.383 e. The van der Waals surface area contributed by atoms with E-state index in [2.05, 4.69) is 9.97 Å². The van der Waals surface area contributed by atoms with Gasteiger partial charge in [-0.25, -0.2) is 27.9 Å². The normalized spacial score (nSPS) is 16.3. The standard InChI is InChI=1S/C23H19F3N6O/c1-30-9-15(19-21(27)28-11-29-22(19)30)13-7-6-12(8-17(13)25)32-10-18(31(2)23(32)33)14-4-3-5-16(24)20(14)26/h3-9,11,18H,10H2,1-2H3,(H2,27,28,29). The van der Waals surface area contributed by atoms with Gasteiger partial charge >= 0.3 is 6.03 Å². The molecule has 0 saturated carbocycles. The number of nitrogens with two attached hydrogens (primary N) is 1. The van der Waals surface area contributed by atoms with Crippen LogP contribution < -0.4 is 10.6 Å². The molecule has 5 rings (SSSR count). The molecule has 33 heavy (non-hydrogen) atoms. The molecule has 1 aliphatic heterocycles. The zero-order chi connectivity index (χ0) is 23.4. The molecule has 10 heteroatoms. The molecule has 1 aliphatic rings. The fourth-order valence-corrected chi connectivity index (χ4v) is 4.33. The number of carbonyl (C=O) groups is 1. The van der Waals surface area contributed by atoms with Crippen LogP contribution in [-0.4, -0.2) is 39.1 Å². The number of hydrogen-bond acceptors (Lipinski definition) is 4. The molecular weight excluding hydrogens is 433 g/mol. The van der Waals surface area contributed by atoms with E-state index in [0.717, 1.165) is 6.07 Å². The number of nitrogens with zero attached hydrogens (tertiary/aromatic N) is 5. The lowest BCUT2D eigenvalue weighted by molar-refractivity contribution is 0.218. The van der Waals surface area contributed by atoms with Crippen molar-refractivity contribution in [3.8, 4) is 11.1 Å². The van der Waals surface area contributed by atoms with E-state index in [9.17, 15) is 13.6 Å². The summed E-state index contributed by atoms with van der Waals surface area (Å²) in [7, 11) is 3.27. The van der Waals surface area contributed by atoms with Gasteiger partial charge in [-0.3, -0.25) is 4.90 Å². The van der Waals surface area contributed by atoms with Gasteiger partial charge in [0, 0.05) is 42.7 Å². The molecular formula is C23H19F3N6O. The zero-order valence-electron chi connectivity index (χ0n) is 17.8. The van der Waals surface area contributed by atoms with Crippen LogP contribution in [0.15, 0.2) is 48.9 Å². The fourth-order valence-electron chi connectivity index (χ4n) is 4.33. The largest absolute Gasteiger partial charge is 0.383 e. The lowest BCUT2D eigenvalue weighted by Gasteiger charge is -2.18. The molecule has 1 fully saturated rings. The molecule has 0 aliphatic carbocycles. The van der Waals surface area contributed by atoms with Gasteiger partial charge in [-0.1, -0.05) is 12.1 Å². The van der Waals surface area contributed by atoms with Gasteiger partial charge in [-0.05, 0) is 24.3 Å². The topological polar surface area (TPSA) is 80.3 Å². The Kier molecular flexibility index (Phi) is 4.73. The molecule has 7 nitrogen and oxygen atoms in total. The summed E-state index contributed by atoms with van der Waals surface area (Å²) in [4.78, 5) is 23.7. The second-order valence-electron chi connectivity index (χ2n) is 7.94. The van der Waals surface area contributed by atoms with Crippen molar-refractivity contribution in [3.05, 3.63) is 71.9 Å². The quantitative estimate of drug-likeness (QED) is 0.504. The molecule has 168 valence electrons. The second-order valence-corrected chi connectivity index (χ2v) is 7.94. The molecule has 3 heterocycles. The molecule has 2 amide bonds. The van der Waals surface area contributed by atoms with E-state index >= 15 is 4.39 Å². The third-order valence-electron chi connectivity index (χ3n) is 6.03. The van der Waals surface area contributed by atoms with Crippen LogP contribution in [0, 0.1) is 17.5 Å². The number of hydrogen-bond donors (Lipinski definition) is 1. The van der Waals surface area contributed by atoms with Crippen LogP contribution in [0.5, 0.6) is 0 Å². The summed E-state index contributed by atoms with van der Waals surface area (Å²) in [6.07, 6.45) is 3.06. The van der Waals surface area contributed by atoms with Crippen molar-refractivity contribution in [1.29, 1.82) is 0 Å². The highest BCUT2D eigenvalue weighted by atomic mass is 19.2. The Morgan fingerprint density at radius 2 is 1.82 bits per heavy atom. The molecule has 0 radical (unpaired) electrons. The van der Waals surface area contributed by atoms with Gasteiger partial charge in [-0.15, -0.1) is 0 Å². The van der Waals surface area contributed by atoms with E-state index in [1.54, 1.807) is 29.9 Å². The Hall–Kier alpha value is -4.08. The minimum absolute atomic E-state index is 0.0452. The van der Waals surface area contributed by atoms with Crippen molar-refractivity contribution in [2.45, 2.75) is 6.04 Å². The van der Waals surface area contributed by atoms with Gasteiger partial charge in [0.2, 0.25) is 0 Å². The van der Waals surface area contributed by atoms with Gasteiger partial charge in [0.15, 0.2) is 11.6 Å². The van der Waals surface area contributed by atoms with E-state index in [4.69, 9.17) is 5.73 Å². The summed E-state index contributed by atoms with van der Waals surface area (Å²) in [5, 5.41) is 0.533. The van der Waals surface area contributed by atoms with Gasteiger partial charge in [-0.2, -0.15) is 0 Å². The predicted molar refractivity (Wildman–Crippen MR) is 118 cm³/mol. The number of anilines is 2. The number of likely N-dealkylation sites (N-methyl/N-ethyl adjacent to an activating group) is 1. The first-order chi connectivity index (χ1) is 15.8. The van der Waals surface area contributed by atoms with Crippen LogP contribution >= 0.6 is 0 Å². The number of rotatable bonds is 3. The highest BCUT2D eigenvalue weighted by Crippen LogP contribution is 2.37. The van der Waals surface area contributed by atoms with Gasteiger partial charge < -0.3 is 15.2 Å². The number of aromatic nitrogens is 3. The molecule has 1 atom stereocenters. The van der Waals surface area contributed by atoms with Crippen molar-refractivity contribution in [1.82, 2.24) is 19.4 Å². The third-order valence-corrected chi connectivity index (χ3v) is 6.03. The first kappa shape index (κ1) is 20.8. The Bertz CT molecular complexity index is 1420. The summed E-state index contributed by atoms with van der Waals surface area (Å²) < 4.78 is 45.0. The number of halogens is 3. The average Bonchev–Trinajstić information content (AvgIpc) is 3.28. The minimum atomic E-state index is -0.999. The number of benzene rings is 2. The highest BCUT2D eigenvalue weighted by Gasteiger charge is 2.38. The smallest absolute Gasteiger partial charge is 0.324 e. The number of aryl methyl sites for hydroxylation is 1. The SMILES string of the molecule is CN1C(=O)N(c2ccc(-c3cn(C)c4ncnc(N)c34)c(F)c2)CC1c1cccc(F)c1F. The molecule has 2 aromatic heterocycles. The van der Waals surface area contributed by atoms with Gasteiger partial charge in [0.05, 0.1) is 18.0 Å². The number of nitrogen functional groups attached to an aromatic ring is 1. The van der Waals surface area contributed by atoms with E-state index in [1.165, 1.54) is 41.4 Å². The van der Waals surface area contributed by atoms with E-state index < -0.39 is 29.5 Å². The lowest BCUT2D eigenvalue weighted by Crippen LogP contribution is -2.29. The number of urea groups is 1. The van der Waals surface area contributed by atoms with E-state index in [-0.39, 0.29) is 23.5 Å². The zero-order valence-corrected chi connectivity index (χ0v) is 17.8. The maximum atomic E-state index is 15.3.